The van der Waals surface area contributed by atoms with E-state index in [0.29, 0.717) is 5.54 Å². The molecule has 0 bridgehead atoms. The molecule has 0 unspecified atom stereocenters. The second-order valence-corrected chi connectivity index (χ2v) is 0.978. The SMILES string of the molecule is F/C(Cl)=C\Cl. The number of halogens is 3. The molecule has 0 rings (SSSR count). The monoisotopic (exact) mass is 114 g/mol. The standard InChI is InChI=1S/C2HCl2F/c3-1-2(4)5/h1H/b2-1-. The van der Waals surface area contributed by atoms with Crippen molar-refractivity contribution in [1.29, 1.82) is 0 Å². The van der Waals surface area contributed by atoms with E-state index in [2.05, 4.69) is 23.2 Å². The maximum absolute atomic E-state index is 10.9. The van der Waals surface area contributed by atoms with Gasteiger partial charge in [-0.15, -0.1) is 0 Å². The lowest BCUT2D eigenvalue weighted by molar-refractivity contribution is 0.697. The van der Waals surface area contributed by atoms with Gasteiger partial charge in [-0.05, 0) is 0 Å². The Morgan fingerprint density at radius 2 is 2.00 bits per heavy atom. The molecule has 0 aliphatic heterocycles. The van der Waals surface area contributed by atoms with E-state index in [1.54, 1.807) is 0 Å². The van der Waals surface area contributed by atoms with Gasteiger partial charge in [-0.2, -0.15) is 4.39 Å². The topological polar surface area (TPSA) is 0 Å². The first-order valence-corrected chi connectivity index (χ1v) is 1.70. The average Bonchev–Trinajstić information content (AvgIpc) is 1.38. The van der Waals surface area contributed by atoms with Gasteiger partial charge in [0.15, 0.2) is 5.29 Å². The molecule has 3 heteroatoms. The van der Waals surface area contributed by atoms with Gasteiger partial charge < -0.3 is 0 Å². The lowest BCUT2D eigenvalue weighted by Gasteiger charge is -1.62. The third kappa shape index (κ3) is 4.25. The molecule has 30 valence electrons. The third-order valence-electron chi connectivity index (χ3n) is 0.0825. The summed E-state index contributed by atoms with van der Waals surface area (Å²) in [6.45, 7) is 0. The molecular formula is C2HCl2F. The second-order valence-electron chi connectivity index (χ2n) is 0.399. The van der Waals surface area contributed by atoms with Gasteiger partial charge in [0.2, 0.25) is 0 Å². The van der Waals surface area contributed by atoms with Crippen LogP contribution in [0.5, 0.6) is 0 Å². The fourth-order valence-electron chi connectivity index (χ4n) is 0. The van der Waals surface area contributed by atoms with Gasteiger partial charge in [-0.3, -0.25) is 0 Å². The average molecular weight is 115 g/mol. The third-order valence-corrected chi connectivity index (χ3v) is 0.495. The first-order valence-electron chi connectivity index (χ1n) is 0.885. The van der Waals surface area contributed by atoms with Crippen molar-refractivity contribution in [3.8, 4) is 0 Å². The van der Waals surface area contributed by atoms with Gasteiger partial charge in [0.25, 0.3) is 0 Å². The highest BCUT2D eigenvalue weighted by molar-refractivity contribution is 6.35. The van der Waals surface area contributed by atoms with Crippen molar-refractivity contribution in [2.45, 2.75) is 0 Å². The molecule has 0 amide bonds. The molecule has 0 aliphatic rings. The molecule has 0 aromatic heterocycles. The molecule has 0 saturated carbocycles. The summed E-state index contributed by atoms with van der Waals surface area (Å²) in [4.78, 5) is 0. The minimum absolute atomic E-state index is 0.654. The summed E-state index contributed by atoms with van der Waals surface area (Å²) in [6, 6.07) is 0. The number of rotatable bonds is 0. The molecule has 0 saturated heterocycles. The van der Waals surface area contributed by atoms with Crippen LogP contribution < -0.4 is 0 Å². The Kier molecular flexibility index (Phi) is 2.61. The summed E-state index contributed by atoms with van der Waals surface area (Å²) >= 11 is 9.19. The van der Waals surface area contributed by atoms with Crippen molar-refractivity contribution in [3.05, 3.63) is 10.8 Å². The van der Waals surface area contributed by atoms with Gasteiger partial charge in [0.1, 0.15) is 0 Å². The Morgan fingerprint density at radius 3 is 2.00 bits per heavy atom. The smallest absolute Gasteiger partial charge is 0.193 e. The molecule has 0 spiro atoms. The van der Waals surface area contributed by atoms with Crippen LogP contribution in [-0.2, 0) is 0 Å². The predicted molar refractivity (Wildman–Crippen MR) is 20.9 cm³/mol. The molecule has 0 fully saturated rings. The maximum Gasteiger partial charge on any atom is 0.200 e. The minimum Gasteiger partial charge on any atom is -0.193 e. The summed E-state index contributed by atoms with van der Waals surface area (Å²) in [7, 11) is 0. The predicted octanol–water partition coefficient (Wildman–Crippen LogP) is 2.23. The Balaban J connectivity index is 3.14. The zero-order valence-electron chi connectivity index (χ0n) is 2.21. The lowest BCUT2D eigenvalue weighted by Crippen LogP contribution is -1.37. The van der Waals surface area contributed by atoms with E-state index in [9.17, 15) is 4.39 Å². The van der Waals surface area contributed by atoms with Crippen LogP contribution >= 0.6 is 23.2 Å². The highest BCUT2D eigenvalue weighted by Gasteiger charge is 1.73. The molecule has 0 atom stereocenters. The minimum atomic E-state index is -0.883. The largest absolute Gasteiger partial charge is 0.200 e. The van der Waals surface area contributed by atoms with E-state index in [1.165, 1.54) is 0 Å². The van der Waals surface area contributed by atoms with Crippen LogP contribution in [0.15, 0.2) is 10.8 Å². The van der Waals surface area contributed by atoms with Gasteiger partial charge in [-0.25, -0.2) is 0 Å². The summed E-state index contributed by atoms with van der Waals surface area (Å²) < 4.78 is 10.9. The molecule has 0 aliphatic carbocycles. The fraction of sp³-hybridized carbons (Fsp3) is 0. The Bertz CT molecular complexity index is 45.6. The van der Waals surface area contributed by atoms with Gasteiger partial charge >= 0.3 is 0 Å². The zero-order chi connectivity index (χ0) is 4.28. The van der Waals surface area contributed by atoms with Crippen molar-refractivity contribution in [2.24, 2.45) is 0 Å². The molecule has 0 aromatic rings. The van der Waals surface area contributed by atoms with Crippen molar-refractivity contribution in [1.82, 2.24) is 0 Å². The van der Waals surface area contributed by atoms with Gasteiger partial charge in [-0.1, -0.05) is 23.2 Å². The number of hydrogen-bond acceptors (Lipinski definition) is 0. The van der Waals surface area contributed by atoms with E-state index in [4.69, 9.17) is 0 Å². The fourth-order valence-corrected chi connectivity index (χ4v) is 0. The summed E-state index contributed by atoms with van der Waals surface area (Å²) in [5.41, 5.74) is 0.654. The highest BCUT2D eigenvalue weighted by atomic mass is 35.5. The van der Waals surface area contributed by atoms with E-state index in [0.717, 1.165) is 0 Å². The van der Waals surface area contributed by atoms with E-state index >= 15 is 0 Å². The molecule has 0 heterocycles. The van der Waals surface area contributed by atoms with Crippen molar-refractivity contribution < 1.29 is 4.39 Å². The highest BCUT2D eigenvalue weighted by Crippen LogP contribution is 2.01. The molecular weight excluding hydrogens is 114 g/mol. The molecule has 0 aromatic carbocycles. The molecule has 5 heavy (non-hydrogen) atoms. The van der Waals surface area contributed by atoms with Crippen molar-refractivity contribution in [2.75, 3.05) is 0 Å². The van der Waals surface area contributed by atoms with Gasteiger partial charge in [0.05, 0.1) is 5.54 Å². The molecule has 0 N–H and O–H groups in total. The zero-order valence-corrected chi connectivity index (χ0v) is 3.72. The van der Waals surface area contributed by atoms with Crippen LogP contribution in [0.3, 0.4) is 0 Å². The van der Waals surface area contributed by atoms with Crippen molar-refractivity contribution in [3.63, 3.8) is 0 Å². The van der Waals surface area contributed by atoms with E-state index < -0.39 is 5.29 Å². The van der Waals surface area contributed by atoms with Gasteiger partial charge in [0, 0.05) is 0 Å². The quantitative estimate of drug-likeness (QED) is 0.454. The van der Waals surface area contributed by atoms with Crippen LogP contribution in [0.4, 0.5) is 4.39 Å². The van der Waals surface area contributed by atoms with Crippen molar-refractivity contribution >= 4 is 23.2 Å². The van der Waals surface area contributed by atoms with Crippen LogP contribution in [0.25, 0.3) is 0 Å². The van der Waals surface area contributed by atoms with E-state index in [-0.39, 0.29) is 0 Å². The maximum atomic E-state index is 10.9. The summed E-state index contributed by atoms with van der Waals surface area (Å²) in [5.74, 6) is 0. The van der Waals surface area contributed by atoms with E-state index in [1.807, 2.05) is 0 Å². The Labute approximate surface area is 39.2 Å². The Hall–Kier alpha value is 0.250. The van der Waals surface area contributed by atoms with Crippen LogP contribution in [0.1, 0.15) is 0 Å². The summed E-state index contributed by atoms with van der Waals surface area (Å²) in [6.07, 6.45) is 0. The van der Waals surface area contributed by atoms with Crippen LogP contribution in [-0.4, -0.2) is 0 Å². The number of hydrogen-bond donors (Lipinski definition) is 0. The normalized spacial score (nSPS) is 12.2. The first-order chi connectivity index (χ1) is 2.27. The van der Waals surface area contributed by atoms with Crippen LogP contribution in [0.2, 0.25) is 0 Å². The molecule has 0 radical (unpaired) electrons. The Morgan fingerprint density at radius 1 is 1.80 bits per heavy atom. The lowest BCUT2D eigenvalue weighted by atomic mass is 11.2. The second kappa shape index (κ2) is 2.49. The molecule has 0 nitrogen and oxygen atoms in total. The summed E-state index contributed by atoms with van der Waals surface area (Å²) in [5, 5.41) is -0.883. The van der Waals surface area contributed by atoms with Crippen LogP contribution in [0, 0.1) is 0 Å². The first kappa shape index (κ1) is 5.25.